The number of carbonyl (C=O) groups is 2. The molecule has 5 rings (SSSR count). The summed E-state index contributed by atoms with van der Waals surface area (Å²) in [6, 6.07) is 22.4. The number of nitrogens with zero attached hydrogens (tertiary/aromatic N) is 2. The maximum Gasteiger partial charge on any atom is 0.295 e. The number of ketones is 1. The van der Waals surface area contributed by atoms with E-state index in [1.165, 1.54) is 0 Å². The van der Waals surface area contributed by atoms with Gasteiger partial charge in [0, 0.05) is 31.7 Å². The molecule has 2 saturated heterocycles. The summed E-state index contributed by atoms with van der Waals surface area (Å²) in [6.45, 7) is 8.71. The van der Waals surface area contributed by atoms with Crippen LogP contribution in [0.15, 0.2) is 78.4 Å². The maximum absolute atomic E-state index is 13.4. The summed E-state index contributed by atoms with van der Waals surface area (Å²) in [5.41, 5.74) is 4.37. The lowest BCUT2D eigenvalue weighted by molar-refractivity contribution is -0.140. The zero-order valence-corrected chi connectivity index (χ0v) is 23.1. The number of hydrogen-bond donors (Lipinski definition) is 1. The molecular weight excluding hydrogens is 504 g/mol. The number of rotatable bonds is 9. The van der Waals surface area contributed by atoms with Gasteiger partial charge >= 0.3 is 0 Å². The molecule has 0 unspecified atom stereocenters. The van der Waals surface area contributed by atoms with Crippen molar-refractivity contribution in [2.24, 2.45) is 0 Å². The minimum Gasteiger partial charge on any atom is -0.507 e. The van der Waals surface area contributed by atoms with Gasteiger partial charge in [-0.25, -0.2) is 0 Å². The number of aliphatic hydroxyl groups excluding tert-OH is 1. The quantitative estimate of drug-likeness (QED) is 0.233. The van der Waals surface area contributed by atoms with Gasteiger partial charge in [0.2, 0.25) is 0 Å². The fraction of sp³-hybridized carbons (Fsp3) is 0.333. The lowest BCUT2D eigenvalue weighted by atomic mass is 9.94. The second-order valence-corrected chi connectivity index (χ2v) is 10.5. The van der Waals surface area contributed by atoms with Crippen LogP contribution in [0.25, 0.3) is 5.76 Å². The lowest BCUT2D eigenvalue weighted by Crippen LogP contribution is -2.38. The summed E-state index contributed by atoms with van der Waals surface area (Å²) >= 11 is 0. The molecule has 3 aromatic carbocycles. The van der Waals surface area contributed by atoms with Crippen LogP contribution in [-0.4, -0.2) is 66.0 Å². The van der Waals surface area contributed by atoms with Crippen molar-refractivity contribution in [3.63, 3.8) is 0 Å². The Morgan fingerprint density at radius 2 is 1.68 bits per heavy atom. The van der Waals surface area contributed by atoms with Gasteiger partial charge in [0.1, 0.15) is 18.1 Å². The summed E-state index contributed by atoms with van der Waals surface area (Å²) in [7, 11) is 0. The molecular formula is C33H36N2O5. The SMILES string of the molecule is Cc1ccc([C@H]2C(=C(O)c3ccc(OCc4ccccc4)c(C)c3)C(=O)C(=O)N2CCCN2CCOCC2)cc1. The highest BCUT2D eigenvalue weighted by molar-refractivity contribution is 6.46. The first kappa shape index (κ1) is 27.6. The van der Waals surface area contributed by atoms with Crippen molar-refractivity contribution in [3.05, 3.63) is 106 Å². The fourth-order valence-corrected chi connectivity index (χ4v) is 5.34. The van der Waals surface area contributed by atoms with Gasteiger partial charge in [-0.2, -0.15) is 0 Å². The molecule has 1 N–H and O–H groups in total. The fourth-order valence-electron chi connectivity index (χ4n) is 5.34. The molecule has 208 valence electrons. The van der Waals surface area contributed by atoms with E-state index >= 15 is 0 Å². The zero-order valence-electron chi connectivity index (χ0n) is 23.1. The Morgan fingerprint density at radius 3 is 2.38 bits per heavy atom. The van der Waals surface area contributed by atoms with Crippen molar-refractivity contribution in [2.75, 3.05) is 39.4 Å². The van der Waals surface area contributed by atoms with Gasteiger partial charge in [0.25, 0.3) is 11.7 Å². The van der Waals surface area contributed by atoms with E-state index in [4.69, 9.17) is 9.47 Å². The molecule has 2 aliphatic rings. The van der Waals surface area contributed by atoms with Gasteiger partial charge in [0.15, 0.2) is 0 Å². The molecule has 0 radical (unpaired) electrons. The van der Waals surface area contributed by atoms with Crippen LogP contribution >= 0.6 is 0 Å². The number of aliphatic hydroxyl groups is 1. The van der Waals surface area contributed by atoms with Crippen molar-refractivity contribution < 1.29 is 24.2 Å². The van der Waals surface area contributed by atoms with E-state index in [1.54, 1.807) is 23.1 Å². The average molecular weight is 541 g/mol. The minimum absolute atomic E-state index is 0.123. The summed E-state index contributed by atoms with van der Waals surface area (Å²) in [5, 5.41) is 11.5. The Labute approximate surface area is 235 Å². The summed E-state index contributed by atoms with van der Waals surface area (Å²) in [5.74, 6) is -0.707. The molecule has 0 spiro atoms. The number of ether oxygens (including phenoxy) is 2. The third kappa shape index (κ3) is 6.11. The van der Waals surface area contributed by atoms with Gasteiger partial charge in [0.05, 0.1) is 24.8 Å². The molecule has 0 saturated carbocycles. The predicted octanol–water partition coefficient (Wildman–Crippen LogP) is 5.03. The summed E-state index contributed by atoms with van der Waals surface area (Å²) < 4.78 is 11.4. The second kappa shape index (κ2) is 12.5. The number of aryl methyl sites for hydroxylation is 2. The van der Waals surface area contributed by atoms with E-state index < -0.39 is 17.7 Å². The number of benzene rings is 3. The number of amides is 1. The third-order valence-electron chi connectivity index (χ3n) is 7.60. The molecule has 7 nitrogen and oxygen atoms in total. The number of Topliss-reactive ketones (excluding diaryl/α,β-unsaturated/α-hetero) is 1. The highest BCUT2D eigenvalue weighted by Gasteiger charge is 2.45. The van der Waals surface area contributed by atoms with Crippen LogP contribution in [0, 0.1) is 13.8 Å². The van der Waals surface area contributed by atoms with E-state index in [1.807, 2.05) is 68.4 Å². The molecule has 2 heterocycles. The lowest BCUT2D eigenvalue weighted by Gasteiger charge is -2.29. The Hall–Kier alpha value is -3.94. The molecule has 0 bridgehead atoms. The Morgan fingerprint density at radius 1 is 0.950 bits per heavy atom. The highest BCUT2D eigenvalue weighted by atomic mass is 16.5. The van der Waals surface area contributed by atoms with Crippen LogP contribution in [0.5, 0.6) is 5.75 Å². The van der Waals surface area contributed by atoms with Crippen LogP contribution in [0.3, 0.4) is 0 Å². The standard InChI is InChI=1S/C33H36N2O5/c1-23-9-11-26(12-10-23)30-29(32(37)33(38)35(30)16-6-15-34-17-19-39-20-18-34)31(36)27-13-14-28(24(2)21-27)40-22-25-7-4-3-5-8-25/h3-5,7-14,21,30,36H,6,15-20,22H2,1-2H3/t30-/m0/s1. The van der Waals surface area contributed by atoms with E-state index in [0.29, 0.717) is 37.7 Å². The van der Waals surface area contributed by atoms with Gasteiger partial charge in [-0.3, -0.25) is 14.5 Å². The third-order valence-corrected chi connectivity index (χ3v) is 7.60. The molecule has 3 aromatic rings. The molecule has 0 aliphatic carbocycles. The number of likely N-dealkylation sites (tertiary alicyclic amines) is 1. The molecule has 7 heteroatoms. The molecule has 0 aromatic heterocycles. The van der Waals surface area contributed by atoms with E-state index in [-0.39, 0.29) is 11.3 Å². The van der Waals surface area contributed by atoms with E-state index in [9.17, 15) is 14.7 Å². The highest BCUT2D eigenvalue weighted by Crippen LogP contribution is 2.40. The zero-order chi connectivity index (χ0) is 28.1. The Balaban J connectivity index is 1.41. The Bertz CT molecular complexity index is 1380. The topological polar surface area (TPSA) is 79.3 Å². The van der Waals surface area contributed by atoms with Gasteiger partial charge in [-0.15, -0.1) is 0 Å². The molecule has 2 aliphatic heterocycles. The summed E-state index contributed by atoms with van der Waals surface area (Å²) in [6.07, 6.45) is 0.724. The van der Waals surface area contributed by atoms with Crippen LogP contribution < -0.4 is 4.74 Å². The molecule has 1 atom stereocenters. The van der Waals surface area contributed by atoms with E-state index in [2.05, 4.69) is 4.90 Å². The van der Waals surface area contributed by atoms with Crippen molar-refractivity contribution in [3.8, 4) is 5.75 Å². The first-order valence-corrected chi connectivity index (χ1v) is 13.8. The van der Waals surface area contributed by atoms with Crippen molar-refractivity contribution >= 4 is 17.4 Å². The van der Waals surface area contributed by atoms with E-state index in [0.717, 1.165) is 48.3 Å². The molecule has 2 fully saturated rings. The first-order valence-electron chi connectivity index (χ1n) is 13.8. The van der Waals surface area contributed by atoms with Crippen LogP contribution in [-0.2, 0) is 20.9 Å². The van der Waals surface area contributed by atoms with Crippen LogP contribution in [0.2, 0.25) is 0 Å². The number of morpholine rings is 1. The van der Waals surface area contributed by atoms with Crippen LogP contribution in [0.1, 0.15) is 40.3 Å². The predicted molar refractivity (Wildman–Crippen MR) is 154 cm³/mol. The monoisotopic (exact) mass is 540 g/mol. The van der Waals surface area contributed by atoms with Crippen molar-refractivity contribution in [1.82, 2.24) is 9.80 Å². The second-order valence-electron chi connectivity index (χ2n) is 10.5. The summed E-state index contributed by atoms with van der Waals surface area (Å²) in [4.78, 5) is 30.6. The van der Waals surface area contributed by atoms with Gasteiger partial charge < -0.3 is 19.5 Å². The largest absolute Gasteiger partial charge is 0.507 e. The maximum atomic E-state index is 13.4. The smallest absolute Gasteiger partial charge is 0.295 e. The first-order chi connectivity index (χ1) is 19.4. The number of hydrogen-bond acceptors (Lipinski definition) is 6. The average Bonchev–Trinajstić information content (AvgIpc) is 3.22. The van der Waals surface area contributed by atoms with Crippen molar-refractivity contribution in [2.45, 2.75) is 32.9 Å². The van der Waals surface area contributed by atoms with Crippen LogP contribution in [0.4, 0.5) is 0 Å². The van der Waals surface area contributed by atoms with Gasteiger partial charge in [-0.1, -0.05) is 60.2 Å². The van der Waals surface area contributed by atoms with Gasteiger partial charge in [-0.05, 0) is 55.2 Å². The number of carbonyl (C=O) groups excluding carboxylic acids is 2. The normalized spacial score (nSPS) is 19.2. The molecule has 1 amide bonds. The van der Waals surface area contributed by atoms with Crippen molar-refractivity contribution in [1.29, 1.82) is 0 Å². The minimum atomic E-state index is -0.656. The Kier molecular flexibility index (Phi) is 8.63. The molecule has 40 heavy (non-hydrogen) atoms.